The van der Waals surface area contributed by atoms with Gasteiger partial charge in [0.15, 0.2) is 0 Å². The molecule has 2 aromatic rings. The van der Waals surface area contributed by atoms with Gasteiger partial charge in [0, 0.05) is 23.2 Å². The average Bonchev–Trinajstić information content (AvgIpc) is 3.06. The number of aryl methyl sites for hydroxylation is 1. The van der Waals surface area contributed by atoms with Gasteiger partial charge in [-0.15, -0.1) is 11.3 Å². The van der Waals surface area contributed by atoms with Crippen molar-refractivity contribution in [1.29, 1.82) is 0 Å². The second-order valence-electron chi connectivity index (χ2n) is 5.08. The number of carbonyl (C=O) groups is 1. The normalized spacial score (nSPS) is 17.5. The van der Waals surface area contributed by atoms with Crippen molar-refractivity contribution < 1.29 is 13.6 Å². The van der Waals surface area contributed by atoms with Gasteiger partial charge in [-0.3, -0.25) is 9.48 Å². The third-order valence-electron chi connectivity index (χ3n) is 3.73. The summed E-state index contributed by atoms with van der Waals surface area (Å²) >= 11 is 1.60. The van der Waals surface area contributed by atoms with E-state index >= 15 is 0 Å². The lowest BCUT2D eigenvalue weighted by molar-refractivity contribution is 0.0934. The number of carbonyl (C=O) groups excluding carboxylic acids is 1. The molecule has 1 aliphatic carbocycles. The second kappa shape index (κ2) is 6.37. The summed E-state index contributed by atoms with van der Waals surface area (Å²) in [6, 6.07) is 1.46. The Balaban J connectivity index is 1.77. The Labute approximate surface area is 134 Å². The molecule has 0 saturated heterocycles. The van der Waals surface area contributed by atoms with Crippen LogP contribution in [0.1, 0.15) is 39.8 Å². The number of nitrogens with one attached hydrogen (secondary N) is 1. The van der Waals surface area contributed by atoms with E-state index < -0.39 is 5.76 Å². The maximum atomic E-state index is 12.5. The lowest BCUT2D eigenvalue weighted by Crippen LogP contribution is -2.30. The Kier molecular flexibility index (Phi) is 4.49. The van der Waals surface area contributed by atoms with Gasteiger partial charge in [0.2, 0.25) is 0 Å². The van der Waals surface area contributed by atoms with Gasteiger partial charge in [0.1, 0.15) is 4.88 Å². The van der Waals surface area contributed by atoms with E-state index in [4.69, 9.17) is 0 Å². The minimum Gasteiger partial charge on any atom is -0.344 e. The Morgan fingerprint density at radius 1 is 1.59 bits per heavy atom. The fraction of sp³-hybridized carbons (Fsp3) is 0.429. The van der Waals surface area contributed by atoms with Crippen LogP contribution in [0.25, 0.3) is 0 Å². The van der Waals surface area contributed by atoms with Crippen molar-refractivity contribution >= 4 is 29.0 Å². The number of rotatable bonds is 4. The molecule has 0 aromatic carbocycles. The van der Waals surface area contributed by atoms with Gasteiger partial charge in [-0.25, -0.2) is 0 Å². The van der Waals surface area contributed by atoms with Crippen LogP contribution in [0, 0.1) is 0 Å². The lowest BCUT2D eigenvalue weighted by atomic mass is 9.93. The van der Waals surface area contributed by atoms with Crippen molar-refractivity contribution in [2.24, 2.45) is 7.05 Å². The number of thiophene rings is 1. The van der Waals surface area contributed by atoms with E-state index in [1.165, 1.54) is 11.3 Å². The number of alkyl halides is 2. The maximum absolute atomic E-state index is 12.5. The predicted octanol–water partition coefficient (Wildman–Crippen LogP) is 3.60. The Bertz CT molecular complexity index is 683. The number of hydrogen-bond acceptors (Lipinski definition) is 4. The third-order valence-corrected chi connectivity index (χ3v) is 5.55. The van der Waals surface area contributed by atoms with Crippen molar-refractivity contribution in [3.05, 3.63) is 33.8 Å². The van der Waals surface area contributed by atoms with E-state index in [9.17, 15) is 13.6 Å². The maximum Gasteiger partial charge on any atom is 0.288 e. The van der Waals surface area contributed by atoms with Crippen LogP contribution in [0.3, 0.4) is 0 Å². The molecule has 22 heavy (non-hydrogen) atoms. The fourth-order valence-electron chi connectivity index (χ4n) is 2.73. The molecule has 0 unspecified atom stereocenters. The summed E-state index contributed by atoms with van der Waals surface area (Å²) < 4.78 is 26.9. The molecular formula is C14H15F2N3OS2. The average molecular weight is 343 g/mol. The Hall–Kier alpha value is -1.41. The number of amides is 1. The highest BCUT2D eigenvalue weighted by Gasteiger charge is 2.26. The van der Waals surface area contributed by atoms with Crippen molar-refractivity contribution in [3.63, 3.8) is 0 Å². The Morgan fingerprint density at radius 3 is 3.18 bits per heavy atom. The first-order chi connectivity index (χ1) is 10.6. The molecule has 1 amide bonds. The van der Waals surface area contributed by atoms with Crippen LogP contribution in [0.2, 0.25) is 0 Å². The number of halogens is 2. The molecule has 2 heterocycles. The summed E-state index contributed by atoms with van der Waals surface area (Å²) in [6.07, 6.45) is 4.54. The summed E-state index contributed by atoms with van der Waals surface area (Å²) in [5.74, 6) is -2.82. The second-order valence-corrected chi connectivity index (χ2v) is 7.03. The van der Waals surface area contributed by atoms with Crippen molar-refractivity contribution in [2.45, 2.75) is 36.0 Å². The highest BCUT2D eigenvalue weighted by atomic mass is 32.2. The summed E-state index contributed by atoms with van der Waals surface area (Å²) in [5.41, 5.74) is 2.16. The van der Waals surface area contributed by atoms with Crippen LogP contribution in [-0.2, 0) is 13.5 Å². The van der Waals surface area contributed by atoms with E-state index in [0.29, 0.717) is 21.5 Å². The van der Waals surface area contributed by atoms with E-state index in [1.807, 2.05) is 11.7 Å². The van der Waals surface area contributed by atoms with Gasteiger partial charge in [-0.1, -0.05) is 11.8 Å². The molecule has 0 bridgehead atoms. The first-order valence-electron chi connectivity index (χ1n) is 6.90. The molecule has 0 saturated carbocycles. The molecule has 0 fully saturated rings. The zero-order valence-corrected chi connectivity index (χ0v) is 13.5. The molecule has 4 nitrogen and oxygen atoms in total. The van der Waals surface area contributed by atoms with E-state index in [1.54, 1.807) is 17.6 Å². The van der Waals surface area contributed by atoms with Gasteiger partial charge in [0.05, 0.1) is 12.2 Å². The monoisotopic (exact) mass is 343 g/mol. The van der Waals surface area contributed by atoms with Crippen LogP contribution in [0.4, 0.5) is 8.78 Å². The number of aromatic nitrogens is 2. The quantitative estimate of drug-likeness (QED) is 0.863. The van der Waals surface area contributed by atoms with Crippen LogP contribution >= 0.6 is 23.1 Å². The van der Waals surface area contributed by atoms with E-state index in [-0.39, 0.29) is 11.9 Å². The molecule has 1 aliphatic rings. The minimum absolute atomic E-state index is 0.101. The molecule has 0 radical (unpaired) electrons. The summed E-state index contributed by atoms with van der Waals surface area (Å²) in [7, 11) is 1.89. The highest BCUT2D eigenvalue weighted by Crippen LogP contribution is 2.34. The summed E-state index contributed by atoms with van der Waals surface area (Å²) in [4.78, 5) is 13.1. The van der Waals surface area contributed by atoms with Crippen LogP contribution < -0.4 is 5.32 Å². The minimum atomic E-state index is -2.53. The summed E-state index contributed by atoms with van der Waals surface area (Å²) in [5, 5.41) is 8.87. The van der Waals surface area contributed by atoms with Crippen molar-refractivity contribution in [3.8, 4) is 0 Å². The molecule has 118 valence electrons. The smallest absolute Gasteiger partial charge is 0.288 e. The molecular weight excluding hydrogens is 328 g/mol. The lowest BCUT2D eigenvalue weighted by Gasteiger charge is -2.23. The van der Waals surface area contributed by atoms with Crippen molar-refractivity contribution in [2.75, 3.05) is 0 Å². The predicted molar refractivity (Wildman–Crippen MR) is 82.5 cm³/mol. The van der Waals surface area contributed by atoms with Gasteiger partial charge < -0.3 is 5.32 Å². The SMILES string of the molecule is Cn1ncc2c1CCC[C@@H]2NC(=O)c1sccc1SC(F)F. The third kappa shape index (κ3) is 3.03. The number of nitrogens with zero attached hydrogens (tertiary/aromatic N) is 2. The molecule has 1 atom stereocenters. The molecule has 8 heteroatoms. The molecule has 2 aromatic heterocycles. The topological polar surface area (TPSA) is 46.9 Å². The van der Waals surface area contributed by atoms with Gasteiger partial charge in [-0.2, -0.15) is 13.9 Å². The van der Waals surface area contributed by atoms with E-state index in [0.717, 1.165) is 30.5 Å². The number of thioether (sulfide) groups is 1. The standard InChI is InChI=1S/C14H15F2N3OS2/c1-19-10-4-2-3-9(8(10)7-17-19)18-13(20)12-11(5-6-21-12)22-14(15)16/h5-7,9,14H,2-4H2,1H3,(H,18,20)/t9-/m0/s1. The molecule has 0 aliphatic heterocycles. The zero-order chi connectivity index (χ0) is 15.7. The molecule has 1 N–H and O–H groups in total. The van der Waals surface area contributed by atoms with E-state index in [2.05, 4.69) is 10.4 Å². The number of hydrogen-bond donors (Lipinski definition) is 1. The highest BCUT2D eigenvalue weighted by molar-refractivity contribution is 7.99. The summed E-state index contributed by atoms with van der Waals surface area (Å²) in [6.45, 7) is 0. The number of fused-ring (bicyclic) bond motifs is 1. The molecule has 3 rings (SSSR count). The van der Waals surface area contributed by atoms with Gasteiger partial charge in [0.25, 0.3) is 11.7 Å². The van der Waals surface area contributed by atoms with Crippen LogP contribution in [-0.4, -0.2) is 21.4 Å². The van der Waals surface area contributed by atoms with Gasteiger partial charge in [-0.05, 0) is 30.7 Å². The van der Waals surface area contributed by atoms with Crippen molar-refractivity contribution in [1.82, 2.24) is 15.1 Å². The molecule has 0 spiro atoms. The van der Waals surface area contributed by atoms with Crippen LogP contribution in [0.5, 0.6) is 0 Å². The first kappa shape index (κ1) is 15.5. The van der Waals surface area contributed by atoms with Crippen LogP contribution in [0.15, 0.2) is 22.5 Å². The Morgan fingerprint density at radius 2 is 2.41 bits per heavy atom. The largest absolute Gasteiger partial charge is 0.344 e. The first-order valence-corrected chi connectivity index (χ1v) is 8.66. The van der Waals surface area contributed by atoms with Gasteiger partial charge >= 0.3 is 0 Å². The zero-order valence-electron chi connectivity index (χ0n) is 11.9. The fourth-order valence-corrected chi connectivity index (χ4v) is 4.34.